The molecule has 2 aromatic rings. The summed E-state index contributed by atoms with van der Waals surface area (Å²) in [4.78, 5) is 24.7. The van der Waals surface area contributed by atoms with E-state index in [1.807, 2.05) is 24.3 Å². The number of amides is 2. The van der Waals surface area contributed by atoms with Crippen LogP contribution in [0.25, 0.3) is 11.1 Å². The molecule has 1 aliphatic carbocycles. The highest BCUT2D eigenvalue weighted by molar-refractivity contribution is 6.03. The van der Waals surface area contributed by atoms with E-state index in [-0.39, 0.29) is 17.7 Å². The van der Waals surface area contributed by atoms with Gasteiger partial charge in [0.2, 0.25) is 5.91 Å². The number of nitrogens with one attached hydrogen (secondary N) is 3. The molecule has 2 atom stereocenters. The molecule has 0 aromatic heterocycles. The molecule has 0 aliphatic heterocycles. The van der Waals surface area contributed by atoms with Crippen LogP contribution in [0.4, 0.5) is 5.69 Å². The Morgan fingerprint density at radius 1 is 1.09 bits per heavy atom. The second kappa shape index (κ2) is 13.1. The van der Waals surface area contributed by atoms with Gasteiger partial charge < -0.3 is 32.5 Å². The van der Waals surface area contributed by atoms with Crippen LogP contribution in [0.3, 0.4) is 0 Å². The normalized spacial score (nSPS) is 14.5. The standard InChI is InChI=1S/C27H37N5O3/c1-2-19-20-7-3-8-22(27(35)31-16-6-14-29)26(20)21-12-11-18(17-23(19)21)32-25(34)10-4-9-24(33)30-15-5-13-28/h7,11-12,17,19,25,32,34H,2,4-6,9-10,13-16,28-29H2,1H3,(H,30,33)(H,31,35). The Morgan fingerprint density at radius 2 is 1.83 bits per heavy atom. The quantitative estimate of drug-likeness (QED) is 0.181. The first kappa shape index (κ1) is 26.5. The molecule has 0 saturated heterocycles. The Hall–Kier alpha value is -3.12. The average Bonchev–Trinajstić information content (AvgIpc) is 3.17. The van der Waals surface area contributed by atoms with Crippen molar-refractivity contribution in [2.75, 3.05) is 31.5 Å². The lowest BCUT2D eigenvalue weighted by molar-refractivity contribution is -0.121. The Labute approximate surface area is 207 Å². The Balaban J connectivity index is 1.68. The summed E-state index contributed by atoms with van der Waals surface area (Å²) in [6.07, 6.45) is 2.98. The van der Waals surface area contributed by atoms with Gasteiger partial charge in [0.05, 0.1) is 5.56 Å². The van der Waals surface area contributed by atoms with Crippen molar-refractivity contribution in [1.82, 2.24) is 10.6 Å². The first-order valence-electron chi connectivity index (χ1n) is 12.5. The molecule has 3 rings (SSSR count). The van der Waals surface area contributed by atoms with Gasteiger partial charge in [0.25, 0.3) is 5.91 Å². The van der Waals surface area contributed by atoms with E-state index in [2.05, 4.69) is 35.0 Å². The number of carbonyl (C=O) groups is 2. The summed E-state index contributed by atoms with van der Waals surface area (Å²) in [5.74, 6) is -0.0558. The molecule has 1 aliphatic rings. The third-order valence-electron chi connectivity index (χ3n) is 6.25. The largest absolute Gasteiger partial charge is 0.374 e. The number of fused-ring (bicyclic) bond motifs is 3. The number of hydrogen-bond donors (Lipinski definition) is 6. The van der Waals surface area contributed by atoms with Crippen LogP contribution in [0.1, 0.15) is 72.9 Å². The molecule has 35 heavy (non-hydrogen) atoms. The van der Waals surface area contributed by atoms with Gasteiger partial charge in [-0.2, -0.15) is 0 Å². The number of anilines is 1. The van der Waals surface area contributed by atoms with Gasteiger partial charge in [0.15, 0.2) is 0 Å². The number of nitrogens with two attached hydrogens (primary N) is 2. The van der Waals surface area contributed by atoms with Crippen LogP contribution < -0.4 is 27.4 Å². The molecule has 0 radical (unpaired) electrons. The predicted octanol–water partition coefficient (Wildman–Crippen LogP) is 2.25. The van der Waals surface area contributed by atoms with Crippen LogP contribution in [0.2, 0.25) is 0 Å². The summed E-state index contributed by atoms with van der Waals surface area (Å²) in [5, 5.41) is 19.3. The SMILES string of the molecule is CCC1c2cc(NC(O)CCCC(=O)NCCCN)ccc2-c2c(C(=O)NCCCN)c#ccc21. The van der Waals surface area contributed by atoms with E-state index in [9.17, 15) is 14.7 Å². The summed E-state index contributed by atoms with van der Waals surface area (Å²) >= 11 is 0. The van der Waals surface area contributed by atoms with Gasteiger partial charge in [0.1, 0.15) is 6.23 Å². The van der Waals surface area contributed by atoms with E-state index in [0.717, 1.165) is 47.2 Å². The molecule has 0 bridgehead atoms. The van der Waals surface area contributed by atoms with Crippen molar-refractivity contribution in [1.29, 1.82) is 0 Å². The number of carbonyl (C=O) groups excluding carboxylic acids is 2. The predicted molar refractivity (Wildman–Crippen MR) is 138 cm³/mol. The van der Waals surface area contributed by atoms with Crippen molar-refractivity contribution < 1.29 is 14.7 Å². The topological polar surface area (TPSA) is 142 Å². The maximum Gasteiger partial charge on any atom is 0.260 e. The zero-order chi connectivity index (χ0) is 25.2. The minimum atomic E-state index is -0.765. The van der Waals surface area contributed by atoms with Crippen LogP contribution in [-0.2, 0) is 4.79 Å². The molecule has 8 heteroatoms. The zero-order valence-corrected chi connectivity index (χ0v) is 20.5. The average molecular weight is 480 g/mol. The van der Waals surface area contributed by atoms with E-state index < -0.39 is 6.23 Å². The number of rotatable bonds is 14. The lowest BCUT2D eigenvalue weighted by Gasteiger charge is -2.16. The van der Waals surface area contributed by atoms with E-state index in [1.54, 1.807) is 0 Å². The minimum Gasteiger partial charge on any atom is -0.374 e. The molecule has 2 amide bonds. The van der Waals surface area contributed by atoms with Crippen molar-refractivity contribution >= 4 is 17.5 Å². The third kappa shape index (κ3) is 6.73. The van der Waals surface area contributed by atoms with Crippen molar-refractivity contribution in [3.05, 3.63) is 53.1 Å². The van der Waals surface area contributed by atoms with Crippen molar-refractivity contribution in [3.8, 4) is 11.1 Å². The summed E-state index contributed by atoms with van der Waals surface area (Å²) in [6, 6.07) is 13.9. The Morgan fingerprint density at radius 3 is 2.54 bits per heavy atom. The fraction of sp³-hybridized carbons (Fsp3) is 0.481. The zero-order valence-electron chi connectivity index (χ0n) is 20.5. The monoisotopic (exact) mass is 479 g/mol. The number of aliphatic hydroxyl groups is 1. The maximum atomic E-state index is 12.8. The van der Waals surface area contributed by atoms with Crippen LogP contribution in [0.5, 0.6) is 0 Å². The lowest BCUT2D eigenvalue weighted by atomic mass is 9.94. The highest BCUT2D eigenvalue weighted by atomic mass is 16.3. The Bertz CT molecular complexity index is 1010. The first-order valence-corrected chi connectivity index (χ1v) is 12.5. The molecule has 2 aromatic carbocycles. The van der Waals surface area contributed by atoms with Gasteiger partial charge in [-0.25, -0.2) is 0 Å². The summed E-state index contributed by atoms with van der Waals surface area (Å²) in [6.45, 7) is 4.29. The molecule has 0 saturated carbocycles. The second-order valence-electron chi connectivity index (χ2n) is 8.82. The maximum absolute atomic E-state index is 12.8. The van der Waals surface area contributed by atoms with E-state index >= 15 is 0 Å². The summed E-state index contributed by atoms with van der Waals surface area (Å²) < 4.78 is 0. The molecule has 8 N–H and O–H groups in total. The van der Waals surface area contributed by atoms with Gasteiger partial charge in [0, 0.05) is 36.7 Å². The van der Waals surface area contributed by atoms with Gasteiger partial charge in [-0.15, -0.1) is 0 Å². The fourth-order valence-electron chi connectivity index (χ4n) is 4.51. The number of hydrogen-bond acceptors (Lipinski definition) is 6. The first-order chi connectivity index (χ1) is 17.0. The summed E-state index contributed by atoms with van der Waals surface area (Å²) in [7, 11) is 0. The smallest absolute Gasteiger partial charge is 0.260 e. The van der Waals surface area contributed by atoms with E-state index in [4.69, 9.17) is 11.5 Å². The third-order valence-corrected chi connectivity index (χ3v) is 6.25. The van der Waals surface area contributed by atoms with Crippen LogP contribution in [0.15, 0.2) is 24.3 Å². The summed E-state index contributed by atoms with van der Waals surface area (Å²) in [5.41, 5.74) is 16.4. The van der Waals surface area contributed by atoms with E-state index in [1.165, 1.54) is 0 Å². The van der Waals surface area contributed by atoms with E-state index in [0.29, 0.717) is 51.0 Å². The molecule has 0 heterocycles. The van der Waals surface area contributed by atoms with Crippen molar-refractivity contribution in [2.24, 2.45) is 11.5 Å². The fourth-order valence-corrected chi connectivity index (χ4v) is 4.51. The van der Waals surface area contributed by atoms with Crippen LogP contribution >= 0.6 is 0 Å². The van der Waals surface area contributed by atoms with Crippen LogP contribution in [0, 0.1) is 12.1 Å². The van der Waals surface area contributed by atoms with Gasteiger partial charge >= 0.3 is 0 Å². The molecule has 0 spiro atoms. The number of aliphatic hydroxyl groups excluding tert-OH is 1. The molecule has 0 fully saturated rings. The van der Waals surface area contributed by atoms with Crippen LogP contribution in [-0.4, -0.2) is 49.3 Å². The molecular weight excluding hydrogens is 442 g/mol. The molecule has 2 unspecified atom stereocenters. The van der Waals surface area contributed by atoms with Crippen molar-refractivity contribution in [2.45, 2.75) is 57.6 Å². The van der Waals surface area contributed by atoms with Crippen molar-refractivity contribution in [3.63, 3.8) is 0 Å². The second-order valence-corrected chi connectivity index (χ2v) is 8.82. The lowest BCUT2D eigenvalue weighted by Crippen LogP contribution is -2.26. The molecule has 8 nitrogen and oxygen atoms in total. The van der Waals surface area contributed by atoms with Gasteiger partial charge in [-0.05, 0) is 80.1 Å². The van der Waals surface area contributed by atoms with Gasteiger partial charge in [-0.3, -0.25) is 9.59 Å². The Kier molecular flexibility index (Phi) is 9.91. The molecule has 188 valence electrons. The van der Waals surface area contributed by atoms with Gasteiger partial charge in [-0.1, -0.05) is 25.1 Å². The highest BCUT2D eigenvalue weighted by Crippen LogP contribution is 2.48. The molecular formula is C27H37N5O3. The highest BCUT2D eigenvalue weighted by Gasteiger charge is 2.31. The number of benzene rings is 1. The minimum absolute atomic E-state index is 0.0248.